The van der Waals surface area contributed by atoms with Gasteiger partial charge in [-0.3, -0.25) is 19.7 Å². The van der Waals surface area contributed by atoms with E-state index in [9.17, 15) is 19.7 Å². The highest BCUT2D eigenvalue weighted by molar-refractivity contribution is 6.33. The second kappa shape index (κ2) is 12.5. The van der Waals surface area contributed by atoms with E-state index in [1.54, 1.807) is 37.3 Å². The normalized spacial score (nSPS) is 13.1. The van der Waals surface area contributed by atoms with Crippen LogP contribution in [0.1, 0.15) is 33.3 Å². The molecule has 0 radical (unpaired) electrons. The molecular weight excluding hydrogens is 574 g/mol. The average molecular weight is 604 g/mol. The zero-order valence-corrected chi connectivity index (χ0v) is 24.7. The number of nitrogens with zero attached hydrogens (tertiary/aromatic N) is 6. The lowest BCUT2D eigenvalue weighted by molar-refractivity contribution is -0.383. The number of benzene rings is 3. The van der Waals surface area contributed by atoms with Crippen molar-refractivity contribution in [3.8, 4) is 17.0 Å². The molecule has 43 heavy (non-hydrogen) atoms. The van der Waals surface area contributed by atoms with Gasteiger partial charge < -0.3 is 19.9 Å². The van der Waals surface area contributed by atoms with Gasteiger partial charge in [0, 0.05) is 50.4 Å². The second-order valence-corrected chi connectivity index (χ2v) is 10.4. The van der Waals surface area contributed by atoms with Gasteiger partial charge in [0.2, 0.25) is 0 Å². The molecule has 2 heterocycles. The summed E-state index contributed by atoms with van der Waals surface area (Å²) < 4.78 is 6.92. The Kier molecular flexibility index (Phi) is 8.58. The van der Waals surface area contributed by atoms with Crippen molar-refractivity contribution in [3.05, 3.63) is 92.6 Å². The van der Waals surface area contributed by atoms with Crippen molar-refractivity contribution in [2.45, 2.75) is 13.3 Å². The zero-order chi connectivity index (χ0) is 30.7. The minimum atomic E-state index is -0.580. The molecule has 1 aliphatic rings. The highest BCUT2D eigenvalue weighted by atomic mass is 35.5. The van der Waals surface area contributed by atoms with Crippen LogP contribution in [0.15, 0.2) is 60.7 Å². The summed E-state index contributed by atoms with van der Waals surface area (Å²) in [5.74, 6) is -0.120. The maximum Gasteiger partial charge on any atom is 0.294 e. The van der Waals surface area contributed by atoms with Crippen molar-refractivity contribution < 1.29 is 19.2 Å². The van der Waals surface area contributed by atoms with E-state index in [4.69, 9.17) is 16.3 Å². The number of aromatic nitrogens is 3. The number of ether oxygens (including phenoxy) is 1. The van der Waals surface area contributed by atoms with Gasteiger partial charge in [-0.15, -0.1) is 5.10 Å². The lowest BCUT2D eigenvalue weighted by atomic mass is 10.1. The van der Waals surface area contributed by atoms with E-state index < -0.39 is 10.8 Å². The minimum absolute atomic E-state index is 0.0369. The number of aryl methyl sites for hydroxylation is 2. The summed E-state index contributed by atoms with van der Waals surface area (Å²) in [5.41, 5.74) is 3.13. The number of anilines is 2. The standard InChI is InChI=1S/C30H30ClN7O5/c1-4-19-9-11-20(12-10-19)29(39)32-23-18-24(22(31)17-25(23)38(41)42)36-13-15-37(16-14-36)30(40)28-27(33-34-35(28)2)21-7-5-6-8-26(21)43-3/h5-12,17-18H,4,13-16H2,1-3H3,(H,32,39). The van der Waals surface area contributed by atoms with E-state index in [1.807, 2.05) is 42.2 Å². The number of halogens is 1. The monoisotopic (exact) mass is 603 g/mol. The van der Waals surface area contributed by atoms with Crippen molar-refractivity contribution in [2.24, 2.45) is 7.05 Å². The van der Waals surface area contributed by atoms with E-state index in [2.05, 4.69) is 15.6 Å². The fourth-order valence-electron chi connectivity index (χ4n) is 5.05. The first-order chi connectivity index (χ1) is 20.7. The molecule has 1 aromatic heterocycles. The second-order valence-electron chi connectivity index (χ2n) is 9.97. The minimum Gasteiger partial charge on any atom is -0.496 e. The van der Waals surface area contributed by atoms with Crippen LogP contribution < -0.4 is 15.0 Å². The van der Waals surface area contributed by atoms with Gasteiger partial charge >= 0.3 is 0 Å². The summed E-state index contributed by atoms with van der Waals surface area (Å²) in [6, 6.07) is 17.1. The number of nitrogens with one attached hydrogen (secondary N) is 1. The van der Waals surface area contributed by atoms with Crippen LogP contribution >= 0.6 is 11.6 Å². The van der Waals surface area contributed by atoms with Crippen molar-refractivity contribution in [2.75, 3.05) is 43.5 Å². The number of hydrogen-bond donors (Lipinski definition) is 1. The number of rotatable bonds is 8. The Bertz CT molecular complexity index is 1680. The van der Waals surface area contributed by atoms with Gasteiger partial charge in [0.15, 0.2) is 5.69 Å². The van der Waals surface area contributed by atoms with Crippen LogP contribution in [0.5, 0.6) is 5.75 Å². The Balaban J connectivity index is 1.35. The summed E-state index contributed by atoms with van der Waals surface area (Å²) in [5, 5.41) is 23.0. The van der Waals surface area contributed by atoms with Gasteiger partial charge in [-0.05, 0) is 42.3 Å². The quantitative estimate of drug-likeness (QED) is 0.223. The van der Waals surface area contributed by atoms with E-state index in [0.717, 1.165) is 12.0 Å². The van der Waals surface area contributed by atoms with Crippen LogP contribution in [0.4, 0.5) is 17.1 Å². The fourth-order valence-corrected chi connectivity index (χ4v) is 5.33. The molecule has 1 N–H and O–H groups in total. The van der Waals surface area contributed by atoms with Gasteiger partial charge in [0.05, 0.1) is 22.7 Å². The molecule has 0 atom stereocenters. The number of nitro benzene ring substituents is 1. The average Bonchev–Trinajstić information content (AvgIpc) is 3.42. The number of carbonyl (C=O) groups excluding carboxylic acids is 2. The highest BCUT2D eigenvalue weighted by Gasteiger charge is 2.30. The van der Waals surface area contributed by atoms with E-state index in [-0.39, 0.29) is 22.3 Å². The number of piperazine rings is 1. The van der Waals surface area contributed by atoms with E-state index in [0.29, 0.717) is 60.1 Å². The molecule has 222 valence electrons. The number of amides is 2. The van der Waals surface area contributed by atoms with Crippen molar-refractivity contribution in [1.82, 2.24) is 19.9 Å². The predicted molar refractivity (Wildman–Crippen MR) is 163 cm³/mol. The molecule has 13 heteroatoms. The molecular formula is C30H30ClN7O5. The van der Waals surface area contributed by atoms with Crippen LogP contribution in [-0.2, 0) is 13.5 Å². The molecule has 4 aromatic rings. The molecule has 1 fully saturated rings. The molecule has 12 nitrogen and oxygen atoms in total. The van der Waals surface area contributed by atoms with Gasteiger partial charge in [0.25, 0.3) is 17.5 Å². The summed E-state index contributed by atoms with van der Waals surface area (Å²) in [6.07, 6.45) is 0.828. The molecule has 0 bridgehead atoms. The van der Waals surface area contributed by atoms with Gasteiger partial charge in [-0.2, -0.15) is 0 Å². The molecule has 3 aromatic carbocycles. The molecule has 5 rings (SSSR count). The Morgan fingerprint density at radius 1 is 1.07 bits per heavy atom. The number of nitro groups is 1. The van der Waals surface area contributed by atoms with Crippen LogP contribution in [0, 0.1) is 10.1 Å². The first-order valence-electron chi connectivity index (χ1n) is 13.7. The molecule has 0 spiro atoms. The first-order valence-corrected chi connectivity index (χ1v) is 14.0. The molecule has 1 saturated heterocycles. The Morgan fingerprint density at radius 2 is 1.77 bits per heavy atom. The maximum absolute atomic E-state index is 13.7. The third kappa shape index (κ3) is 6.00. The Morgan fingerprint density at radius 3 is 2.42 bits per heavy atom. The first kappa shape index (κ1) is 29.5. The van der Waals surface area contributed by atoms with E-state index >= 15 is 0 Å². The Labute approximate surface area is 253 Å². The lowest BCUT2D eigenvalue weighted by Crippen LogP contribution is -2.49. The molecule has 0 unspecified atom stereocenters. The highest BCUT2D eigenvalue weighted by Crippen LogP contribution is 2.37. The van der Waals surface area contributed by atoms with Crippen molar-refractivity contribution in [1.29, 1.82) is 0 Å². The predicted octanol–water partition coefficient (Wildman–Crippen LogP) is 4.83. The fraction of sp³-hybridized carbons (Fsp3) is 0.267. The van der Waals surface area contributed by atoms with Crippen molar-refractivity contribution >= 4 is 40.5 Å². The van der Waals surface area contributed by atoms with Gasteiger partial charge in [-0.1, -0.05) is 48.0 Å². The summed E-state index contributed by atoms with van der Waals surface area (Å²) in [4.78, 5) is 41.5. The molecule has 0 saturated carbocycles. The maximum atomic E-state index is 13.7. The number of para-hydroxylation sites is 1. The van der Waals surface area contributed by atoms with E-state index in [1.165, 1.54) is 16.8 Å². The van der Waals surface area contributed by atoms with Gasteiger partial charge in [-0.25, -0.2) is 4.68 Å². The molecule has 1 aliphatic heterocycles. The topological polar surface area (TPSA) is 136 Å². The zero-order valence-electron chi connectivity index (χ0n) is 23.9. The largest absolute Gasteiger partial charge is 0.496 e. The summed E-state index contributed by atoms with van der Waals surface area (Å²) in [6.45, 7) is 3.54. The van der Waals surface area contributed by atoms with Crippen LogP contribution in [-0.4, -0.2) is 69.9 Å². The third-order valence-electron chi connectivity index (χ3n) is 7.43. The van der Waals surface area contributed by atoms with Crippen LogP contribution in [0.25, 0.3) is 11.3 Å². The number of methoxy groups -OCH3 is 1. The third-order valence-corrected chi connectivity index (χ3v) is 7.74. The SMILES string of the molecule is CCc1ccc(C(=O)Nc2cc(N3CCN(C(=O)c4c(-c5ccccc5OC)nnn4C)CC3)c(Cl)cc2[N+](=O)[O-])cc1. The molecule has 2 amide bonds. The lowest BCUT2D eigenvalue weighted by Gasteiger charge is -2.36. The summed E-state index contributed by atoms with van der Waals surface area (Å²) in [7, 11) is 3.22. The van der Waals surface area contributed by atoms with Gasteiger partial charge in [0.1, 0.15) is 17.1 Å². The number of carbonyl (C=O) groups is 2. The number of hydrogen-bond acceptors (Lipinski definition) is 8. The smallest absolute Gasteiger partial charge is 0.294 e. The van der Waals surface area contributed by atoms with Crippen molar-refractivity contribution in [3.63, 3.8) is 0 Å². The Hall–Kier alpha value is -4.97. The summed E-state index contributed by atoms with van der Waals surface area (Å²) >= 11 is 6.51. The molecule has 0 aliphatic carbocycles. The van der Waals surface area contributed by atoms with Crippen LogP contribution in [0.2, 0.25) is 5.02 Å². The van der Waals surface area contributed by atoms with Crippen LogP contribution in [0.3, 0.4) is 0 Å².